The number of furan rings is 1. The van der Waals surface area contributed by atoms with Crippen LogP contribution in [-0.4, -0.2) is 17.1 Å². The molecule has 158 valence electrons. The van der Waals surface area contributed by atoms with Crippen molar-refractivity contribution in [1.82, 2.24) is 4.98 Å². The van der Waals surface area contributed by atoms with Gasteiger partial charge in [0.15, 0.2) is 17.8 Å². The van der Waals surface area contributed by atoms with Crippen molar-refractivity contribution in [1.29, 1.82) is 0 Å². The van der Waals surface area contributed by atoms with E-state index in [2.05, 4.69) is 24.1 Å². The molecule has 0 saturated carbocycles. The normalized spacial score (nSPS) is 17.4. The summed E-state index contributed by atoms with van der Waals surface area (Å²) in [7, 11) is 0. The lowest BCUT2D eigenvalue weighted by atomic mass is 9.84. The van der Waals surface area contributed by atoms with Crippen LogP contribution in [0.5, 0.6) is 0 Å². The Morgan fingerprint density at radius 1 is 1.20 bits per heavy atom. The maximum Gasteiger partial charge on any atom is 0.230 e. The molecular formula is C26H31NO3. The smallest absolute Gasteiger partial charge is 0.230 e. The average Bonchev–Trinajstić information content (AvgIpc) is 3.40. The lowest BCUT2D eigenvalue weighted by molar-refractivity contribution is 0.102. The van der Waals surface area contributed by atoms with Crippen LogP contribution in [0.15, 0.2) is 28.7 Å². The summed E-state index contributed by atoms with van der Waals surface area (Å²) in [5.41, 5.74) is 3.33. The molecular weight excluding hydrogens is 374 g/mol. The van der Waals surface area contributed by atoms with Gasteiger partial charge in [-0.05, 0) is 48.9 Å². The van der Waals surface area contributed by atoms with Crippen LogP contribution in [0.2, 0.25) is 0 Å². The van der Waals surface area contributed by atoms with Gasteiger partial charge in [-0.1, -0.05) is 63.7 Å². The molecule has 0 spiro atoms. The predicted octanol–water partition coefficient (Wildman–Crippen LogP) is 4.97. The van der Waals surface area contributed by atoms with Crippen LogP contribution in [0.4, 0.5) is 0 Å². The summed E-state index contributed by atoms with van der Waals surface area (Å²) >= 11 is 0. The second-order valence-electron chi connectivity index (χ2n) is 8.49. The third-order valence-electron chi connectivity index (χ3n) is 6.37. The van der Waals surface area contributed by atoms with E-state index in [9.17, 15) is 9.59 Å². The Balaban J connectivity index is 1.64. The molecule has 1 unspecified atom stereocenters. The highest BCUT2D eigenvalue weighted by atomic mass is 16.4. The van der Waals surface area contributed by atoms with Crippen LogP contribution in [0.3, 0.4) is 0 Å². The fourth-order valence-corrected chi connectivity index (χ4v) is 4.80. The molecule has 2 heterocycles. The van der Waals surface area contributed by atoms with Crippen molar-refractivity contribution in [3.8, 4) is 0 Å². The number of nitrogens with one attached hydrogen (secondary N) is 1. The van der Waals surface area contributed by atoms with E-state index in [0.29, 0.717) is 17.8 Å². The summed E-state index contributed by atoms with van der Waals surface area (Å²) in [4.78, 5) is 27.6. The summed E-state index contributed by atoms with van der Waals surface area (Å²) in [5, 5.41) is 2.13. The Morgan fingerprint density at radius 2 is 2.03 bits per heavy atom. The van der Waals surface area contributed by atoms with Crippen molar-refractivity contribution in [3.63, 3.8) is 0 Å². The number of hydrogen-bond acceptors (Lipinski definition) is 3. The molecule has 0 amide bonds. The maximum absolute atomic E-state index is 13.1. The molecule has 2 aromatic rings. The number of rotatable bonds is 10. The van der Waals surface area contributed by atoms with E-state index in [0.717, 1.165) is 31.0 Å². The molecule has 2 aliphatic rings. The molecule has 2 aromatic heterocycles. The monoisotopic (exact) mass is 405 g/mol. The van der Waals surface area contributed by atoms with Gasteiger partial charge in [0.1, 0.15) is 0 Å². The Kier molecular flexibility index (Phi) is 6.51. The first kappa shape index (κ1) is 20.6. The van der Waals surface area contributed by atoms with E-state index in [1.807, 2.05) is 6.08 Å². The molecule has 0 aromatic carbocycles. The Labute approximate surface area is 177 Å². The fraction of sp³-hybridized carbons (Fsp3) is 0.462. The second kappa shape index (κ2) is 9.46. The molecule has 0 aliphatic heterocycles. The number of allylic oxidation sites excluding steroid dienone is 2. The third-order valence-corrected chi connectivity index (χ3v) is 6.37. The van der Waals surface area contributed by atoms with Gasteiger partial charge < -0.3 is 9.40 Å². The van der Waals surface area contributed by atoms with E-state index in [-0.39, 0.29) is 17.3 Å². The minimum Gasteiger partial charge on any atom is -0.450 e. The van der Waals surface area contributed by atoms with E-state index < -0.39 is 0 Å². The summed E-state index contributed by atoms with van der Waals surface area (Å²) in [6.45, 7) is 2.25. The summed E-state index contributed by atoms with van der Waals surface area (Å²) < 4.78 is 5.41. The second-order valence-corrected chi connectivity index (χ2v) is 8.49. The van der Waals surface area contributed by atoms with E-state index in [4.69, 9.17) is 4.42 Å². The number of carbonyl (C=O) groups excluding carboxylic acids is 2. The molecule has 1 N–H and O–H groups in total. The molecule has 4 nitrogen and oxygen atoms in total. The van der Waals surface area contributed by atoms with Crippen LogP contribution < -0.4 is 10.7 Å². The molecule has 2 aliphatic carbocycles. The van der Waals surface area contributed by atoms with Crippen molar-refractivity contribution in [2.45, 2.75) is 77.0 Å². The van der Waals surface area contributed by atoms with Gasteiger partial charge in [0.2, 0.25) is 5.78 Å². The zero-order valence-electron chi connectivity index (χ0n) is 17.8. The highest BCUT2D eigenvalue weighted by Crippen LogP contribution is 2.30. The Bertz CT molecular complexity index is 1070. The summed E-state index contributed by atoms with van der Waals surface area (Å²) in [5.74, 6) is 0.584. The minimum absolute atomic E-state index is 0.169. The number of carbonyl (C=O) groups is 2. The molecule has 0 bridgehead atoms. The topological polar surface area (TPSA) is 63.1 Å². The number of aldehydes is 1. The number of aromatic amines is 1. The zero-order valence-corrected chi connectivity index (χ0v) is 17.8. The largest absolute Gasteiger partial charge is 0.450 e. The van der Waals surface area contributed by atoms with Crippen molar-refractivity contribution < 1.29 is 14.0 Å². The van der Waals surface area contributed by atoms with Crippen LogP contribution in [0.25, 0.3) is 11.6 Å². The lowest BCUT2D eigenvalue weighted by Crippen LogP contribution is -2.23. The number of ketones is 1. The van der Waals surface area contributed by atoms with Gasteiger partial charge in [0.25, 0.3) is 0 Å². The number of hydrogen-bond donors (Lipinski definition) is 1. The first-order valence-corrected chi connectivity index (χ1v) is 11.5. The molecule has 30 heavy (non-hydrogen) atoms. The van der Waals surface area contributed by atoms with Crippen LogP contribution in [0.1, 0.15) is 103 Å². The number of unbranched alkanes of at least 4 members (excludes halogenated alkanes) is 5. The van der Waals surface area contributed by atoms with Gasteiger partial charge in [-0.3, -0.25) is 9.59 Å². The van der Waals surface area contributed by atoms with Crippen LogP contribution in [-0.2, 0) is 6.42 Å². The van der Waals surface area contributed by atoms with Crippen molar-refractivity contribution >= 4 is 23.7 Å². The number of aromatic nitrogens is 1. The molecule has 0 saturated heterocycles. The summed E-state index contributed by atoms with van der Waals surface area (Å²) in [6.07, 6.45) is 19.2. The Hall–Kier alpha value is -2.62. The SMILES string of the molecule is CCCCCCCCC1C=CC(C(=O)c2ccc(C=O)o2)=c2[nH]c3c(c21)CCCC=3. The fourth-order valence-electron chi connectivity index (χ4n) is 4.80. The van der Waals surface area contributed by atoms with Crippen molar-refractivity contribution in [2.24, 2.45) is 0 Å². The molecule has 4 heteroatoms. The highest BCUT2D eigenvalue weighted by Gasteiger charge is 2.26. The van der Waals surface area contributed by atoms with Crippen LogP contribution in [0, 0.1) is 0 Å². The first-order chi connectivity index (χ1) is 14.7. The molecule has 1 atom stereocenters. The predicted molar refractivity (Wildman–Crippen MR) is 119 cm³/mol. The minimum atomic E-state index is -0.169. The Morgan fingerprint density at radius 3 is 2.83 bits per heavy atom. The van der Waals surface area contributed by atoms with E-state index in [1.54, 1.807) is 12.1 Å². The number of fused-ring (bicyclic) bond motifs is 3. The van der Waals surface area contributed by atoms with E-state index in [1.165, 1.54) is 55.0 Å². The van der Waals surface area contributed by atoms with Gasteiger partial charge >= 0.3 is 0 Å². The molecule has 0 fully saturated rings. The average molecular weight is 406 g/mol. The summed E-state index contributed by atoms with van der Waals surface area (Å²) in [6, 6.07) is 3.13. The van der Waals surface area contributed by atoms with Crippen molar-refractivity contribution in [2.75, 3.05) is 0 Å². The first-order valence-electron chi connectivity index (χ1n) is 11.5. The van der Waals surface area contributed by atoms with Gasteiger partial charge in [0, 0.05) is 16.8 Å². The van der Waals surface area contributed by atoms with Gasteiger partial charge in [-0.15, -0.1) is 0 Å². The van der Waals surface area contributed by atoms with Gasteiger partial charge in [0.05, 0.1) is 5.35 Å². The van der Waals surface area contributed by atoms with Crippen molar-refractivity contribution in [3.05, 3.63) is 57.6 Å². The number of Topliss-reactive ketones (excluding diaryl/α,β-unsaturated/α-hetero) is 1. The quantitative estimate of drug-likeness (QED) is 0.345. The standard InChI is InChI=1S/C26H31NO3/c1-2-3-4-5-6-7-10-18-13-15-21(26(29)23-16-14-19(17-28)30-23)25-24(18)20-11-8-9-12-22(20)27-25/h12-18,27H,2-11H2,1H3. The number of H-pyrrole nitrogens is 1. The molecule has 4 rings (SSSR count). The van der Waals surface area contributed by atoms with Gasteiger partial charge in [-0.25, -0.2) is 0 Å². The van der Waals surface area contributed by atoms with Gasteiger partial charge in [-0.2, -0.15) is 0 Å². The zero-order chi connectivity index (χ0) is 20.9. The molecule has 0 radical (unpaired) electrons. The highest BCUT2D eigenvalue weighted by molar-refractivity contribution is 6.26. The third kappa shape index (κ3) is 4.14. The lowest BCUT2D eigenvalue weighted by Gasteiger charge is -2.19. The van der Waals surface area contributed by atoms with Crippen LogP contribution >= 0.6 is 0 Å². The maximum atomic E-state index is 13.1. The van der Waals surface area contributed by atoms with E-state index >= 15 is 0 Å².